The number of cyclic esters (lactones) is 1. The van der Waals surface area contributed by atoms with Gasteiger partial charge in [0.2, 0.25) is 5.89 Å². The molecule has 0 bridgehead atoms. The Hall–Kier alpha value is -3.43. The first-order valence-corrected chi connectivity index (χ1v) is 8.29. The van der Waals surface area contributed by atoms with Gasteiger partial charge >= 0.3 is 12.5 Å². The van der Waals surface area contributed by atoms with Gasteiger partial charge in [-0.25, -0.2) is 9.18 Å². The lowest BCUT2D eigenvalue weighted by Crippen LogP contribution is -2.35. The smallest absolute Gasteiger partial charge is 0.414 e. The summed E-state index contributed by atoms with van der Waals surface area (Å²) in [7, 11) is 0. The van der Waals surface area contributed by atoms with Gasteiger partial charge in [-0.3, -0.25) is 9.88 Å². The van der Waals surface area contributed by atoms with Crippen LogP contribution in [0.5, 0.6) is 0 Å². The van der Waals surface area contributed by atoms with E-state index in [1.54, 1.807) is 12.3 Å². The highest BCUT2D eigenvalue weighted by Crippen LogP contribution is 2.31. The Morgan fingerprint density at radius 3 is 2.79 bits per heavy atom. The molecule has 0 radical (unpaired) electrons. The fraction of sp³-hybridized carbons (Fsp3) is 0.222. The number of anilines is 1. The second-order valence-electron chi connectivity index (χ2n) is 6.07. The first-order chi connectivity index (χ1) is 13.5. The molecule has 10 heteroatoms. The third-order valence-corrected chi connectivity index (χ3v) is 4.17. The highest BCUT2D eigenvalue weighted by Gasteiger charge is 2.35. The van der Waals surface area contributed by atoms with Crippen molar-refractivity contribution in [2.75, 3.05) is 11.5 Å². The molecule has 0 N–H and O–H groups in total. The molecule has 1 amide bonds. The minimum absolute atomic E-state index is 0.0747. The maximum Gasteiger partial charge on any atom is 0.414 e. The number of aromatic nitrogens is 3. The first-order valence-electron chi connectivity index (χ1n) is 8.29. The Morgan fingerprint density at radius 2 is 2.07 bits per heavy atom. The summed E-state index contributed by atoms with van der Waals surface area (Å²) in [6, 6.07) is 8.60. The van der Waals surface area contributed by atoms with E-state index in [-0.39, 0.29) is 23.7 Å². The Balaban J connectivity index is 1.66. The van der Waals surface area contributed by atoms with E-state index in [2.05, 4.69) is 15.2 Å². The number of halogens is 3. The summed E-state index contributed by atoms with van der Waals surface area (Å²) in [6.07, 6.45) is -1.55. The van der Waals surface area contributed by atoms with Crippen molar-refractivity contribution in [3.05, 3.63) is 60.0 Å². The zero-order valence-corrected chi connectivity index (χ0v) is 14.3. The van der Waals surface area contributed by atoms with Crippen LogP contribution in [0, 0.1) is 5.82 Å². The average molecular weight is 390 g/mol. The maximum absolute atomic E-state index is 14.2. The molecule has 7 nitrogen and oxygen atoms in total. The molecule has 1 saturated heterocycles. The number of carbonyl (C=O) groups excluding carboxylic acids is 1. The Kier molecular flexibility index (Phi) is 4.68. The molecule has 3 aromatic rings. The van der Waals surface area contributed by atoms with Crippen LogP contribution in [0.3, 0.4) is 0 Å². The van der Waals surface area contributed by atoms with Crippen LogP contribution in [0.2, 0.25) is 0 Å². The summed E-state index contributed by atoms with van der Waals surface area (Å²) >= 11 is 0. The van der Waals surface area contributed by atoms with Gasteiger partial charge in [-0.2, -0.15) is 8.78 Å². The van der Waals surface area contributed by atoms with E-state index in [1.807, 2.05) is 12.1 Å². The SMILES string of the molecule is O=C1OCC(Cc2ccccn2)N1c1cc(F)cc(-c2nnc(C(F)F)o2)c1. The number of hydrogen-bond donors (Lipinski definition) is 0. The van der Waals surface area contributed by atoms with E-state index in [0.29, 0.717) is 6.42 Å². The normalized spacial score (nSPS) is 16.6. The van der Waals surface area contributed by atoms with Crippen LogP contribution in [0.4, 0.5) is 23.7 Å². The predicted octanol–water partition coefficient (Wildman–Crippen LogP) is 3.78. The van der Waals surface area contributed by atoms with E-state index in [9.17, 15) is 18.0 Å². The van der Waals surface area contributed by atoms with Gasteiger partial charge in [-0.1, -0.05) is 6.07 Å². The molecule has 2 aromatic heterocycles. The monoisotopic (exact) mass is 390 g/mol. The lowest BCUT2D eigenvalue weighted by Gasteiger charge is -2.21. The average Bonchev–Trinajstić information content (AvgIpc) is 3.30. The van der Waals surface area contributed by atoms with Crippen molar-refractivity contribution in [1.82, 2.24) is 15.2 Å². The van der Waals surface area contributed by atoms with E-state index in [1.165, 1.54) is 11.0 Å². The third kappa shape index (κ3) is 3.53. The molecule has 4 rings (SSSR count). The van der Waals surface area contributed by atoms with Crippen molar-refractivity contribution in [1.29, 1.82) is 0 Å². The number of hydrogen-bond acceptors (Lipinski definition) is 6. The first kappa shape index (κ1) is 18.0. The number of amides is 1. The van der Waals surface area contributed by atoms with Crippen molar-refractivity contribution >= 4 is 11.8 Å². The number of nitrogens with zero attached hydrogens (tertiary/aromatic N) is 4. The summed E-state index contributed by atoms with van der Waals surface area (Å²) < 4.78 is 49.5. The molecule has 1 fully saturated rings. The molecule has 144 valence electrons. The van der Waals surface area contributed by atoms with Gasteiger partial charge in [0.1, 0.15) is 12.4 Å². The van der Waals surface area contributed by atoms with Gasteiger partial charge in [-0.05, 0) is 30.3 Å². The van der Waals surface area contributed by atoms with Crippen molar-refractivity contribution < 1.29 is 27.1 Å². The summed E-state index contributed by atoms with van der Waals surface area (Å²) in [5.74, 6) is -1.83. The van der Waals surface area contributed by atoms with E-state index in [0.717, 1.165) is 17.8 Å². The third-order valence-electron chi connectivity index (χ3n) is 4.17. The van der Waals surface area contributed by atoms with Gasteiger partial charge < -0.3 is 9.15 Å². The highest BCUT2D eigenvalue weighted by molar-refractivity contribution is 5.91. The molecule has 1 unspecified atom stereocenters. The number of ether oxygens (including phenoxy) is 1. The Labute approximate surface area is 156 Å². The van der Waals surface area contributed by atoms with E-state index >= 15 is 0 Å². The molecule has 0 spiro atoms. The molecule has 1 aliphatic rings. The van der Waals surface area contributed by atoms with Gasteiger partial charge in [0, 0.05) is 23.9 Å². The Morgan fingerprint density at radius 1 is 1.21 bits per heavy atom. The number of carbonyl (C=O) groups is 1. The van der Waals surface area contributed by atoms with Gasteiger partial charge in [-0.15, -0.1) is 10.2 Å². The molecule has 1 aromatic carbocycles. The largest absolute Gasteiger partial charge is 0.447 e. The number of pyridine rings is 1. The van der Waals surface area contributed by atoms with Crippen LogP contribution in [-0.4, -0.2) is 33.9 Å². The standard InChI is InChI=1S/C18H13F3N4O3/c19-11-5-10(16-23-24-17(28-16)15(20)21)6-13(7-11)25-14(9-27-18(25)26)8-12-3-1-2-4-22-12/h1-7,14-15H,8-9H2. The predicted molar refractivity (Wildman–Crippen MR) is 90.2 cm³/mol. The molecule has 0 saturated carbocycles. The summed E-state index contributed by atoms with van der Waals surface area (Å²) in [5.41, 5.74) is 1.01. The number of benzene rings is 1. The van der Waals surface area contributed by atoms with Gasteiger partial charge in [0.15, 0.2) is 0 Å². The van der Waals surface area contributed by atoms with E-state index < -0.39 is 30.3 Å². The van der Waals surface area contributed by atoms with Crippen LogP contribution in [0.25, 0.3) is 11.5 Å². The number of rotatable bonds is 5. The zero-order valence-electron chi connectivity index (χ0n) is 14.3. The van der Waals surface area contributed by atoms with Crippen LogP contribution in [0.1, 0.15) is 18.0 Å². The quantitative estimate of drug-likeness (QED) is 0.660. The topological polar surface area (TPSA) is 81.4 Å². The minimum Gasteiger partial charge on any atom is -0.447 e. The number of alkyl halides is 2. The summed E-state index contributed by atoms with van der Waals surface area (Å²) in [5, 5.41) is 6.75. The fourth-order valence-corrected chi connectivity index (χ4v) is 2.96. The van der Waals surface area contributed by atoms with E-state index in [4.69, 9.17) is 9.15 Å². The van der Waals surface area contributed by atoms with Crippen molar-refractivity contribution in [2.45, 2.75) is 18.9 Å². The van der Waals surface area contributed by atoms with Crippen LogP contribution >= 0.6 is 0 Å². The molecule has 3 heterocycles. The van der Waals surface area contributed by atoms with Crippen LogP contribution in [-0.2, 0) is 11.2 Å². The Bertz CT molecular complexity index is 997. The molecular weight excluding hydrogens is 377 g/mol. The second-order valence-corrected chi connectivity index (χ2v) is 6.07. The lowest BCUT2D eigenvalue weighted by molar-refractivity contribution is 0.116. The highest BCUT2D eigenvalue weighted by atomic mass is 19.3. The van der Waals surface area contributed by atoms with Crippen molar-refractivity contribution in [2.24, 2.45) is 0 Å². The van der Waals surface area contributed by atoms with Crippen molar-refractivity contribution in [3.63, 3.8) is 0 Å². The maximum atomic E-state index is 14.2. The fourth-order valence-electron chi connectivity index (χ4n) is 2.96. The molecule has 1 atom stereocenters. The second kappa shape index (κ2) is 7.29. The molecule has 1 aliphatic heterocycles. The molecular formula is C18H13F3N4O3. The van der Waals surface area contributed by atoms with Gasteiger partial charge in [0.05, 0.1) is 11.7 Å². The van der Waals surface area contributed by atoms with Crippen LogP contribution in [0.15, 0.2) is 47.0 Å². The van der Waals surface area contributed by atoms with Crippen molar-refractivity contribution in [3.8, 4) is 11.5 Å². The molecule has 28 heavy (non-hydrogen) atoms. The molecule has 0 aliphatic carbocycles. The van der Waals surface area contributed by atoms with Crippen LogP contribution < -0.4 is 4.90 Å². The van der Waals surface area contributed by atoms with Gasteiger partial charge in [0.25, 0.3) is 5.89 Å². The summed E-state index contributed by atoms with van der Waals surface area (Å²) in [6.45, 7) is 0.108. The minimum atomic E-state index is -2.94. The lowest BCUT2D eigenvalue weighted by atomic mass is 10.1. The summed E-state index contributed by atoms with van der Waals surface area (Å²) in [4.78, 5) is 17.8. The zero-order chi connectivity index (χ0) is 19.7.